The third-order valence-electron chi connectivity index (χ3n) is 2.97. The van der Waals surface area contributed by atoms with E-state index in [9.17, 15) is 13.2 Å². The van der Waals surface area contributed by atoms with Gasteiger partial charge in [-0.05, 0) is 19.1 Å². The molecule has 0 aliphatic carbocycles. The van der Waals surface area contributed by atoms with Gasteiger partial charge in [0.25, 0.3) is 0 Å². The predicted molar refractivity (Wildman–Crippen MR) is 76.7 cm³/mol. The van der Waals surface area contributed by atoms with Crippen molar-refractivity contribution < 1.29 is 18.4 Å². The van der Waals surface area contributed by atoms with Crippen LogP contribution in [0, 0.1) is 0 Å². The van der Waals surface area contributed by atoms with Crippen molar-refractivity contribution in [3.63, 3.8) is 0 Å². The topological polar surface area (TPSA) is 113 Å². The Balaban J connectivity index is 3.23. The fraction of sp³-hybridized carbons (Fsp3) is 0.333. The summed E-state index contributed by atoms with van der Waals surface area (Å²) < 4.78 is 22.9. The van der Waals surface area contributed by atoms with Crippen LogP contribution in [-0.2, 0) is 14.6 Å². The van der Waals surface area contributed by atoms with E-state index in [1.165, 1.54) is 18.9 Å². The van der Waals surface area contributed by atoms with Crippen molar-refractivity contribution >= 4 is 27.3 Å². The first-order valence-corrected chi connectivity index (χ1v) is 7.69. The lowest BCUT2D eigenvalue weighted by atomic mass is 10.1. The van der Waals surface area contributed by atoms with Crippen LogP contribution < -0.4 is 10.6 Å². The quantitative estimate of drug-likeness (QED) is 0.356. The van der Waals surface area contributed by atoms with Gasteiger partial charge in [0, 0.05) is 18.9 Å². The van der Waals surface area contributed by atoms with Gasteiger partial charge in [-0.15, -0.1) is 0 Å². The Bertz CT molecular complexity index is 640. The molecule has 0 saturated heterocycles. The Morgan fingerprint density at radius 3 is 2.45 bits per heavy atom. The van der Waals surface area contributed by atoms with Gasteiger partial charge in [-0.1, -0.05) is 17.3 Å². The second-order valence-electron chi connectivity index (χ2n) is 4.37. The van der Waals surface area contributed by atoms with Crippen LogP contribution in [-0.4, -0.2) is 43.9 Å². The summed E-state index contributed by atoms with van der Waals surface area (Å²) in [4.78, 5) is 13.3. The number of hydrogen-bond acceptors (Lipinski definition) is 5. The van der Waals surface area contributed by atoms with Crippen LogP contribution in [0.1, 0.15) is 12.5 Å². The number of amides is 1. The molecule has 110 valence electrons. The molecule has 1 aromatic rings. The standard InChI is InChI=1S/C12H17N3O4S/c1-8(20(3,18)19)12(16)15(2)10-7-5-4-6-9(10)11(13)14-17/h4-8,17H,1-3H3,(H2,13,14). The molecular formula is C12H17N3O4S. The third-order valence-corrected chi connectivity index (χ3v) is 4.46. The molecular weight excluding hydrogens is 282 g/mol. The maximum Gasteiger partial charge on any atom is 0.244 e. The van der Waals surface area contributed by atoms with Gasteiger partial charge < -0.3 is 15.8 Å². The number of para-hydroxylation sites is 1. The zero-order valence-electron chi connectivity index (χ0n) is 11.4. The highest BCUT2D eigenvalue weighted by atomic mass is 32.2. The normalized spacial score (nSPS) is 13.8. The van der Waals surface area contributed by atoms with Crippen LogP contribution >= 0.6 is 0 Å². The van der Waals surface area contributed by atoms with Crippen molar-refractivity contribution in [1.82, 2.24) is 0 Å². The van der Waals surface area contributed by atoms with Crippen molar-refractivity contribution in [3.05, 3.63) is 29.8 Å². The zero-order valence-corrected chi connectivity index (χ0v) is 12.3. The van der Waals surface area contributed by atoms with E-state index in [2.05, 4.69) is 5.16 Å². The molecule has 20 heavy (non-hydrogen) atoms. The number of benzene rings is 1. The second kappa shape index (κ2) is 5.91. The van der Waals surface area contributed by atoms with Crippen molar-refractivity contribution in [1.29, 1.82) is 0 Å². The Morgan fingerprint density at radius 1 is 1.40 bits per heavy atom. The molecule has 0 aliphatic rings. The van der Waals surface area contributed by atoms with E-state index >= 15 is 0 Å². The molecule has 1 rings (SSSR count). The largest absolute Gasteiger partial charge is 0.409 e. The first-order chi connectivity index (χ1) is 9.20. The van der Waals surface area contributed by atoms with E-state index in [0.29, 0.717) is 11.3 Å². The molecule has 1 atom stereocenters. The molecule has 7 nitrogen and oxygen atoms in total. The molecule has 1 unspecified atom stereocenters. The predicted octanol–water partition coefficient (Wildman–Crippen LogP) is 0.177. The highest BCUT2D eigenvalue weighted by Gasteiger charge is 2.28. The minimum absolute atomic E-state index is 0.160. The minimum Gasteiger partial charge on any atom is -0.409 e. The number of nitrogens with zero attached hydrogens (tertiary/aromatic N) is 2. The molecule has 8 heteroatoms. The van der Waals surface area contributed by atoms with E-state index in [4.69, 9.17) is 10.9 Å². The lowest BCUT2D eigenvalue weighted by Gasteiger charge is -2.22. The number of carbonyl (C=O) groups excluding carboxylic acids is 1. The first-order valence-electron chi connectivity index (χ1n) is 5.73. The van der Waals surface area contributed by atoms with Crippen LogP contribution in [0.4, 0.5) is 5.69 Å². The van der Waals surface area contributed by atoms with Crippen molar-refractivity contribution in [2.75, 3.05) is 18.2 Å². The SMILES string of the molecule is CC(C(=O)N(C)c1ccccc1/C(N)=N/O)S(C)(=O)=O. The van der Waals surface area contributed by atoms with E-state index in [0.717, 1.165) is 6.26 Å². The van der Waals surface area contributed by atoms with Crippen LogP contribution in [0.25, 0.3) is 0 Å². The van der Waals surface area contributed by atoms with Gasteiger partial charge in [-0.2, -0.15) is 0 Å². The van der Waals surface area contributed by atoms with E-state index in [-0.39, 0.29) is 5.84 Å². The summed E-state index contributed by atoms with van der Waals surface area (Å²) in [6.45, 7) is 1.32. The van der Waals surface area contributed by atoms with Crippen LogP contribution in [0.3, 0.4) is 0 Å². The highest BCUT2D eigenvalue weighted by molar-refractivity contribution is 7.92. The number of nitrogens with two attached hydrogens (primary N) is 1. The number of rotatable bonds is 4. The molecule has 0 fully saturated rings. The summed E-state index contributed by atoms with van der Waals surface area (Å²) in [7, 11) is -2.06. The maximum atomic E-state index is 12.2. The fourth-order valence-corrected chi connectivity index (χ4v) is 2.14. The smallest absolute Gasteiger partial charge is 0.244 e. The number of hydrogen-bond donors (Lipinski definition) is 2. The van der Waals surface area contributed by atoms with Gasteiger partial charge in [0.2, 0.25) is 5.91 Å². The molecule has 0 heterocycles. The Labute approximate surface area is 117 Å². The summed E-state index contributed by atoms with van der Waals surface area (Å²) >= 11 is 0. The summed E-state index contributed by atoms with van der Waals surface area (Å²) in [5, 5.41) is 10.5. The maximum absolute atomic E-state index is 12.2. The lowest BCUT2D eigenvalue weighted by molar-refractivity contribution is -0.117. The van der Waals surface area contributed by atoms with Gasteiger partial charge in [0.05, 0.1) is 5.69 Å². The number of amidine groups is 1. The van der Waals surface area contributed by atoms with Crippen LogP contribution in [0.2, 0.25) is 0 Å². The van der Waals surface area contributed by atoms with E-state index in [1.807, 2.05) is 0 Å². The Hall–Kier alpha value is -2.09. The molecule has 3 N–H and O–H groups in total. The van der Waals surface area contributed by atoms with Crippen LogP contribution in [0.5, 0.6) is 0 Å². The van der Waals surface area contributed by atoms with Crippen molar-refractivity contribution in [3.8, 4) is 0 Å². The monoisotopic (exact) mass is 299 g/mol. The van der Waals surface area contributed by atoms with Gasteiger partial charge in [0.15, 0.2) is 15.7 Å². The van der Waals surface area contributed by atoms with Gasteiger partial charge in [-0.3, -0.25) is 4.79 Å². The molecule has 0 aliphatic heterocycles. The number of anilines is 1. The first kappa shape index (κ1) is 16.0. The lowest BCUT2D eigenvalue weighted by Crippen LogP contribution is -2.39. The second-order valence-corrected chi connectivity index (χ2v) is 6.74. The molecule has 0 saturated carbocycles. The average Bonchev–Trinajstić information content (AvgIpc) is 2.43. The van der Waals surface area contributed by atoms with Gasteiger partial charge in [0.1, 0.15) is 5.25 Å². The van der Waals surface area contributed by atoms with Crippen molar-refractivity contribution in [2.24, 2.45) is 10.9 Å². The summed E-state index contributed by atoms with van der Waals surface area (Å²) in [6, 6.07) is 6.48. The van der Waals surface area contributed by atoms with Gasteiger partial charge >= 0.3 is 0 Å². The van der Waals surface area contributed by atoms with E-state index < -0.39 is 21.0 Å². The fourth-order valence-electron chi connectivity index (χ4n) is 1.61. The summed E-state index contributed by atoms with van der Waals surface area (Å²) in [5.41, 5.74) is 6.24. The molecule has 0 aromatic heterocycles. The number of sulfone groups is 1. The Kier molecular flexibility index (Phi) is 4.72. The number of oxime groups is 1. The average molecular weight is 299 g/mol. The molecule has 1 amide bonds. The zero-order chi connectivity index (χ0) is 15.5. The summed E-state index contributed by atoms with van der Waals surface area (Å²) in [5.74, 6) is -0.752. The minimum atomic E-state index is -3.50. The van der Waals surface area contributed by atoms with Crippen LogP contribution in [0.15, 0.2) is 29.4 Å². The molecule has 0 bridgehead atoms. The van der Waals surface area contributed by atoms with E-state index in [1.54, 1.807) is 24.3 Å². The van der Waals surface area contributed by atoms with Crippen molar-refractivity contribution in [2.45, 2.75) is 12.2 Å². The van der Waals surface area contributed by atoms with Gasteiger partial charge in [-0.25, -0.2) is 8.42 Å². The molecule has 0 radical (unpaired) electrons. The highest BCUT2D eigenvalue weighted by Crippen LogP contribution is 2.20. The molecule has 0 spiro atoms. The Morgan fingerprint density at radius 2 is 1.95 bits per heavy atom. The summed E-state index contributed by atoms with van der Waals surface area (Å²) in [6.07, 6.45) is 0.999. The number of carbonyl (C=O) groups is 1. The third kappa shape index (κ3) is 3.27. The molecule has 1 aromatic carbocycles.